The quantitative estimate of drug-likeness (QED) is 0.774. The molecule has 0 radical (unpaired) electrons. The minimum atomic E-state index is -0.582. The van der Waals surface area contributed by atoms with Crippen molar-refractivity contribution in [2.75, 3.05) is 7.11 Å². The zero-order valence-corrected chi connectivity index (χ0v) is 16.7. The van der Waals surface area contributed by atoms with Gasteiger partial charge in [0.1, 0.15) is 11.5 Å². The van der Waals surface area contributed by atoms with Gasteiger partial charge in [-0.2, -0.15) is 0 Å². The molecule has 1 amide bonds. The Morgan fingerprint density at radius 2 is 1.70 bits per heavy atom. The van der Waals surface area contributed by atoms with Crippen LogP contribution in [0.1, 0.15) is 39.7 Å². The van der Waals surface area contributed by atoms with Gasteiger partial charge in [-0.3, -0.25) is 4.79 Å². The van der Waals surface area contributed by atoms with Crippen molar-refractivity contribution in [2.45, 2.75) is 52.4 Å². The largest absolute Gasteiger partial charge is 0.497 e. The molecule has 0 saturated heterocycles. The number of carbonyl (C=O) groups excluding carboxylic acids is 1. The fraction of sp³-hybridized carbons (Fsp3) is 0.409. The summed E-state index contributed by atoms with van der Waals surface area (Å²) >= 11 is 0. The van der Waals surface area contributed by atoms with Crippen molar-refractivity contribution < 1.29 is 19.4 Å². The molecule has 0 spiro atoms. The van der Waals surface area contributed by atoms with Crippen molar-refractivity contribution in [3.8, 4) is 22.6 Å². The van der Waals surface area contributed by atoms with E-state index in [0.29, 0.717) is 17.9 Å². The molecule has 2 rings (SSSR count). The van der Waals surface area contributed by atoms with Crippen LogP contribution in [0.5, 0.6) is 11.5 Å². The number of nitrogens with one attached hydrogen (secondary N) is 1. The zero-order valence-electron chi connectivity index (χ0n) is 16.7. The number of aliphatic hydroxyl groups is 1. The van der Waals surface area contributed by atoms with E-state index in [9.17, 15) is 9.90 Å². The molecular weight excluding hydrogens is 342 g/mol. The third-order valence-electron chi connectivity index (χ3n) is 4.03. The molecule has 0 aromatic heterocycles. The SMILES string of the molecule is CCC(Oc1cc(OC)cc(-c2ccc(CO)cc2)c1)C(=O)NC(C)(C)C. The molecule has 146 valence electrons. The van der Waals surface area contributed by atoms with Gasteiger partial charge in [0.25, 0.3) is 5.91 Å². The molecule has 0 aliphatic heterocycles. The monoisotopic (exact) mass is 371 g/mol. The van der Waals surface area contributed by atoms with Crippen LogP contribution in [0.2, 0.25) is 0 Å². The van der Waals surface area contributed by atoms with E-state index in [4.69, 9.17) is 9.47 Å². The Hall–Kier alpha value is -2.53. The maximum Gasteiger partial charge on any atom is 0.261 e. The third kappa shape index (κ3) is 6.00. The van der Waals surface area contributed by atoms with Crippen molar-refractivity contribution in [3.05, 3.63) is 48.0 Å². The number of ether oxygens (including phenoxy) is 2. The van der Waals surface area contributed by atoms with E-state index in [0.717, 1.165) is 16.7 Å². The Bertz CT molecular complexity index is 763. The van der Waals surface area contributed by atoms with Gasteiger partial charge >= 0.3 is 0 Å². The summed E-state index contributed by atoms with van der Waals surface area (Å²) in [4.78, 5) is 12.5. The lowest BCUT2D eigenvalue weighted by molar-refractivity contribution is -0.129. The van der Waals surface area contributed by atoms with Gasteiger partial charge in [-0.15, -0.1) is 0 Å². The second kappa shape index (κ2) is 8.91. The molecule has 0 saturated carbocycles. The van der Waals surface area contributed by atoms with Gasteiger partial charge in [0, 0.05) is 11.6 Å². The van der Waals surface area contributed by atoms with Gasteiger partial charge in [0.2, 0.25) is 0 Å². The Morgan fingerprint density at radius 3 is 2.22 bits per heavy atom. The van der Waals surface area contributed by atoms with E-state index in [1.165, 1.54) is 0 Å². The topological polar surface area (TPSA) is 67.8 Å². The summed E-state index contributed by atoms with van der Waals surface area (Å²) < 4.78 is 11.4. The number of methoxy groups -OCH3 is 1. The molecule has 0 aliphatic rings. The lowest BCUT2D eigenvalue weighted by Crippen LogP contribution is -2.47. The van der Waals surface area contributed by atoms with Crippen LogP contribution in [-0.2, 0) is 11.4 Å². The van der Waals surface area contributed by atoms with E-state index in [2.05, 4.69) is 5.32 Å². The van der Waals surface area contributed by atoms with Crippen LogP contribution >= 0.6 is 0 Å². The molecule has 2 aromatic rings. The summed E-state index contributed by atoms with van der Waals surface area (Å²) in [7, 11) is 1.60. The summed E-state index contributed by atoms with van der Waals surface area (Å²) in [5.74, 6) is 1.09. The van der Waals surface area contributed by atoms with Crippen LogP contribution in [-0.4, -0.2) is 29.8 Å². The second-order valence-corrected chi connectivity index (χ2v) is 7.51. The van der Waals surface area contributed by atoms with Crippen molar-refractivity contribution in [1.82, 2.24) is 5.32 Å². The summed E-state index contributed by atoms with van der Waals surface area (Å²) in [6.45, 7) is 7.75. The predicted molar refractivity (Wildman–Crippen MR) is 107 cm³/mol. The van der Waals surface area contributed by atoms with Gasteiger partial charge in [0.15, 0.2) is 6.10 Å². The molecule has 2 aromatic carbocycles. The molecule has 5 nitrogen and oxygen atoms in total. The highest BCUT2D eigenvalue weighted by atomic mass is 16.5. The Kier molecular flexibility index (Phi) is 6.86. The first-order valence-corrected chi connectivity index (χ1v) is 9.13. The van der Waals surface area contributed by atoms with E-state index in [-0.39, 0.29) is 18.1 Å². The predicted octanol–water partition coefficient (Wildman–Crippen LogP) is 3.93. The number of rotatable bonds is 7. The number of carbonyl (C=O) groups is 1. The van der Waals surface area contributed by atoms with Crippen LogP contribution in [0.25, 0.3) is 11.1 Å². The van der Waals surface area contributed by atoms with Crippen LogP contribution < -0.4 is 14.8 Å². The molecule has 0 aliphatic carbocycles. The molecule has 0 bridgehead atoms. The van der Waals surface area contributed by atoms with E-state index in [1.807, 2.05) is 64.1 Å². The summed E-state index contributed by atoms with van der Waals surface area (Å²) in [6.07, 6.45) is -0.0272. The van der Waals surface area contributed by atoms with Crippen molar-refractivity contribution in [3.63, 3.8) is 0 Å². The normalized spacial score (nSPS) is 12.4. The maximum atomic E-state index is 12.5. The lowest BCUT2D eigenvalue weighted by atomic mass is 10.0. The molecule has 1 unspecified atom stereocenters. The fourth-order valence-corrected chi connectivity index (χ4v) is 2.66. The Balaban J connectivity index is 2.28. The van der Waals surface area contributed by atoms with Gasteiger partial charge < -0.3 is 19.9 Å². The van der Waals surface area contributed by atoms with Gasteiger partial charge in [-0.1, -0.05) is 31.2 Å². The van der Waals surface area contributed by atoms with E-state index >= 15 is 0 Å². The van der Waals surface area contributed by atoms with Gasteiger partial charge in [0.05, 0.1) is 13.7 Å². The highest BCUT2D eigenvalue weighted by molar-refractivity contribution is 5.81. The summed E-state index contributed by atoms with van der Waals surface area (Å²) in [6, 6.07) is 13.2. The molecule has 5 heteroatoms. The number of amides is 1. The molecule has 0 fully saturated rings. The average Bonchev–Trinajstić information content (AvgIpc) is 2.64. The molecular formula is C22H29NO4. The van der Waals surface area contributed by atoms with Crippen molar-refractivity contribution in [1.29, 1.82) is 0 Å². The molecule has 0 heterocycles. The Labute approximate surface area is 161 Å². The van der Waals surface area contributed by atoms with Crippen LogP contribution in [0, 0.1) is 0 Å². The van der Waals surface area contributed by atoms with Crippen molar-refractivity contribution in [2.24, 2.45) is 0 Å². The molecule has 2 N–H and O–H groups in total. The van der Waals surface area contributed by atoms with Gasteiger partial charge in [-0.25, -0.2) is 0 Å². The van der Waals surface area contributed by atoms with E-state index < -0.39 is 6.10 Å². The summed E-state index contributed by atoms with van der Waals surface area (Å²) in [5.41, 5.74) is 2.42. The minimum absolute atomic E-state index is 0.00776. The number of hydrogen-bond donors (Lipinski definition) is 2. The third-order valence-corrected chi connectivity index (χ3v) is 4.03. The maximum absolute atomic E-state index is 12.5. The van der Waals surface area contributed by atoms with Crippen LogP contribution in [0.3, 0.4) is 0 Å². The standard InChI is InChI=1S/C22H29NO4/c1-6-20(21(25)23-22(2,3)4)27-19-12-17(11-18(13-19)26-5)16-9-7-15(14-24)8-10-16/h7-13,20,24H,6,14H2,1-5H3,(H,23,25). The first kappa shape index (κ1) is 20.8. The number of hydrogen-bond acceptors (Lipinski definition) is 4. The number of aliphatic hydroxyl groups excluding tert-OH is 1. The first-order chi connectivity index (χ1) is 12.8. The van der Waals surface area contributed by atoms with Crippen molar-refractivity contribution >= 4 is 5.91 Å². The average molecular weight is 371 g/mol. The fourth-order valence-electron chi connectivity index (χ4n) is 2.66. The minimum Gasteiger partial charge on any atom is -0.497 e. The van der Waals surface area contributed by atoms with E-state index in [1.54, 1.807) is 13.2 Å². The molecule has 1 atom stereocenters. The summed E-state index contributed by atoms with van der Waals surface area (Å²) in [5, 5.41) is 12.2. The highest BCUT2D eigenvalue weighted by Crippen LogP contribution is 2.31. The smallest absolute Gasteiger partial charge is 0.261 e. The number of benzene rings is 2. The lowest BCUT2D eigenvalue weighted by Gasteiger charge is -2.25. The Morgan fingerprint density at radius 1 is 1.07 bits per heavy atom. The van der Waals surface area contributed by atoms with Crippen LogP contribution in [0.4, 0.5) is 0 Å². The molecule has 27 heavy (non-hydrogen) atoms. The highest BCUT2D eigenvalue weighted by Gasteiger charge is 2.23. The zero-order chi connectivity index (χ0) is 20.0. The first-order valence-electron chi connectivity index (χ1n) is 9.13. The van der Waals surface area contributed by atoms with Crippen LogP contribution in [0.15, 0.2) is 42.5 Å². The van der Waals surface area contributed by atoms with Gasteiger partial charge in [-0.05, 0) is 56.0 Å². The second-order valence-electron chi connectivity index (χ2n) is 7.51.